The fraction of sp³-hybridized carbons (Fsp3) is 0.474. The number of piperazine rings is 1. The van der Waals surface area contributed by atoms with E-state index < -0.39 is 0 Å². The van der Waals surface area contributed by atoms with Crippen molar-refractivity contribution in [3.05, 3.63) is 48.0 Å². The normalized spacial score (nSPS) is 15.1. The topological polar surface area (TPSA) is 65.5 Å². The smallest absolute Gasteiger partial charge is 0.256 e. The van der Waals surface area contributed by atoms with Crippen molar-refractivity contribution in [2.45, 2.75) is 13.3 Å². The van der Waals surface area contributed by atoms with E-state index in [1.54, 1.807) is 36.7 Å². The van der Waals surface area contributed by atoms with Crippen LogP contribution in [0, 0.1) is 0 Å². The molecule has 1 aliphatic heterocycles. The average Bonchev–Trinajstić information content (AvgIpc) is 2.72. The first-order valence-electron chi connectivity index (χ1n) is 9.11. The summed E-state index contributed by atoms with van der Waals surface area (Å²) in [5.41, 5.74) is 1.69. The van der Waals surface area contributed by atoms with Gasteiger partial charge in [0, 0.05) is 64.6 Å². The lowest BCUT2D eigenvalue weighted by molar-refractivity contribution is 0.0796. The van der Waals surface area contributed by atoms with Crippen LogP contribution in [-0.2, 0) is 6.42 Å². The Morgan fingerprint density at radius 2 is 1.77 bits per heavy atom. The molecule has 0 radical (unpaired) electrons. The predicted molar refractivity (Wildman–Crippen MR) is 101 cm³/mol. The lowest BCUT2D eigenvalue weighted by Gasteiger charge is -2.33. The van der Waals surface area contributed by atoms with E-state index in [9.17, 15) is 4.79 Å². The maximum absolute atomic E-state index is 12.5. The van der Waals surface area contributed by atoms with Crippen molar-refractivity contribution < 1.29 is 4.79 Å². The zero-order valence-corrected chi connectivity index (χ0v) is 15.5. The molecule has 7 heteroatoms. The first-order valence-corrected chi connectivity index (χ1v) is 9.11. The third kappa shape index (κ3) is 4.54. The number of aromatic nitrogens is 3. The van der Waals surface area contributed by atoms with E-state index in [1.807, 2.05) is 12.1 Å². The van der Waals surface area contributed by atoms with Gasteiger partial charge in [0.25, 0.3) is 5.91 Å². The van der Waals surface area contributed by atoms with Gasteiger partial charge in [-0.2, -0.15) is 0 Å². The molecule has 7 nitrogen and oxygen atoms in total. The second-order valence-corrected chi connectivity index (χ2v) is 6.53. The molecular weight excluding hydrogens is 328 g/mol. The zero-order chi connectivity index (χ0) is 18.4. The van der Waals surface area contributed by atoms with Gasteiger partial charge >= 0.3 is 0 Å². The van der Waals surface area contributed by atoms with E-state index in [1.165, 1.54) is 0 Å². The van der Waals surface area contributed by atoms with Crippen LogP contribution in [-0.4, -0.2) is 77.0 Å². The Morgan fingerprint density at radius 1 is 1.12 bits per heavy atom. The van der Waals surface area contributed by atoms with E-state index in [4.69, 9.17) is 0 Å². The highest BCUT2D eigenvalue weighted by Gasteiger charge is 2.19. The Hall–Kier alpha value is -2.54. The van der Waals surface area contributed by atoms with E-state index in [-0.39, 0.29) is 5.91 Å². The van der Waals surface area contributed by atoms with Crippen molar-refractivity contribution in [3.63, 3.8) is 0 Å². The predicted octanol–water partition coefficient (Wildman–Crippen LogP) is 1.33. The lowest BCUT2D eigenvalue weighted by atomic mass is 10.2. The molecule has 3 rings (SSSR count). The molecule has 1 aliphatic rings. The van der Waals surface area contributed by atoms with Gasteiger partial charge in [-0.05, 0) is 30.7 Å². The van der Waals surface area contributed by atoms with Crippen LogP contribution in [0.25, 0.3) is 0 Å². The highest BCUT2D eigenvalue weighted by molar-refractivity contribution is 5.93. The quantitative estimate of drug-likeness (QED) is 0.780. The van der Waals surface area contributed by atoms with Gasteiger partial charge in [0.2, 0.25) is 5.95 Å². The van der Waals surface area contributed by atoms with Crippen molar-refractivity contribution >= 4 is 11.9 Å². The minimum Gasteiger partial charge on any atom is -0.341 e. The Bertz CT molecular complexity index is 698. The second-order valence-electron chi connectivity index (χ2n) is 6.53. The van der Waals surface area contributed by atoms with E-state index in [0.717, 1.165) is 44.7 Å². The number of carbonyl (C=O) groups excluding carboxylic acids is 1. The van der Waals surface area contributed by atoms with Crippen molar-refractivity contribution in [2.24, 2.45) is 0 Å². The van der Waals surface area contributed by atoms with Gasteiger partial charge in [-0.15, -0.1) is 0 Å². The summed E-state index contributed by atoms with van der Waals surface area (Å²) in [6.07, 6.45) is 7.61. The third-order valence-corrected chi connectivity index (χ3v) is 4.82. The largest absolute Gasteiger partial charge is 0.341 e. The van der Waals surface area contributed by atoms with Crippen LogP contribution in [0.15, 0.2) is 36.9 Å². The summed E-state index contributed by atoms with van der Waals surface area (Å²) in [6.45, 7) is 7.80. The lowest BCUT2D eigenvalue weighted by Crippen LogP contribution is -2.46. The second kappa shape index (κ2) is 8.71. The zero-order valence-electron chi connectivity index (χ0n) is 15.5. The number of hydrogen-bond acceptors (Lipinski definition) is 6. The van der Waals surface area contributed by atoms with E-state index in [2.05, 4.69) is 31.7 Å². The maximum atomic E-state index is 12.5. The summed E-state index contributed by atoms with van der Waals surface area (Å²) in [5.74, 6) is 0.651. The standard InChI is InChI=1S/C19H26N6O/c1-3-24-10-12-25(13-11-24)19-21-14-17(15-22-19)18(26)23(2)9-6-16-4-7-20-8-5-16/h4-5,7-8,14-15H,3,6,9-13H2,1-2H3. The Balaban J connectivity index is 1.55. The minimum atomic E-state index is -0.0543. The molecule has 1 saturated heterocycles. The molecule has 0 atom stereocenters. The number of pyridine rings is 1. The number of carbonyl (C=O) groups is 1. The van der Waals surface area contributed by atoms with Gasteiger partial charge in [-0.3, -0.25) is 9.78 Å². The number of amides is 1. The molecule has 1 amide bonds. The Kier molecular flexibility index (Phi) is 6.12. The van der Waals surface area contributed by atoms with Crippen LogP contribution >= 0.6 is 0 Å². The van der Waals surface area contributed by atoms with Crippen LogP contribution in [0.2, 0.25) is 0 Å². The van der Waals surface area contributed by atoms with Crippen LogP contribution in [0.5, 0.6) is 0 Å². The molecule has 0 aliphatic carbocycles. The average molecular weight is 354 g/mol. The SMILES string of the molecule is CCN1CCN(c2ncc(C(=O)N(C)CCc3ccncc3)cn2)CC1. The molecule has 0 bridgehead atoms. The molecule has 0 N–H and O–H groups in total. The highest BCUT2D eigenvalue weighted by atomic mass is 16.2. The number of hydrogen-bond donors (Lipinski definition) is 0. The van der Waals surface area contributed by atoms with Gasteiger partial charge < -0.3 is 14.7 Å². The van der Waals surface area contributed by atoms with Crippen LogP contribution in [0.4, 0.5) is 5.95 Å². The number of rotatable bonds is 6. The summed E-state index contributed by atoms with van der Waals surface area (Å²) in [7, 11) is 1.81. The summed E-state index contributed by atoms with van der Waals surface area (Å²) in [6, 6.07) is 3.93. The van der Waals surface area contributed by atoms with Gasteiger partial charge in [0.1, 0.15) is 0 Å². The van der Waals surface area contributed by atoms with Crippen LogP contribution in [0.1, 0.15) is 22.8 Å². The molecule has 2 aromatic heterocycles. The van der Waals surface area contributed by atoms with Crippen LogP contribution in [0.3, 0.4) is 0 Å². The summed E-state index contributed by atoms with van der Waals surface area (Å²) >= 11 is 0. The molecular formula is C19H26N6O. The molecule has 0 saturated carbocycles. The Morgan fingerprint density at radius 3 is 2.38 bits per heavy atom. The summed E-state index contributed by atoms with van der Waals surface area (Å²) < 4.78 is 0. The number of anilines is 1. The molecule has 0 spiro atoms. The summed E-state index contributed by atoms with van der Waals surface area (Å²) in [5, 5.41) is 0. The first kappa shape index (κ1) is 18.3. The Labute approximate surface area is 154 Å². The third-order valence-electron chi connectivity index (χ3n) is 4.82. The minimum absolute atomic E-state index is 0.0543. The van der Waals surface area contributed by atoms with E-state index >= 15 is 0 Å². The molecule has 3 heterocycles. The van der Waals surface area contributed by atoms with Crippen molar-refractivity contribution in [1.82, 2.24) is 24.8 Å². The molecule has 138 valence electrons. The number of nitrogens with zero attached hydrogens (tertiary/aromatic N) is 6. The molecule has 2 aromatic rings. The molecule has 1 fully saturated rings. The molecule has 0 unspecified atom stereocenters. The van der Waals surface area contributed by atoms with Crippen molar-refractivity contribution in [2.75, 3.05) is 51.2 Å². The fourth-order valence-electron chi connectivity index (χ4n) is 3.03. The molecule has 0 aromatic carbocycles. The van der Waals surface area contributed by atoms with Gasteiger partial charge in [-0.25, -0.2) is 9.97 Å². The summed E-state index contributed by atoms with van der Waals surface area (Å²) in [4.78, 5) is 31.7. The van der Waals surface area contributed by atoms with Gasteiger partial charge in [-0.1, -0.05) is 6.92 Å². The van der Waals surface area contributed by atoms with Gasteiger partial charge in [0.15, 0.2) is 0 Å². The van der Waals surface area contributed by atoms with E-state index in [0.29, 0.717) is 18.1 Å². The fourth-order valence-corrected chi connectivity index (χ4v) is 3.03. The van der Waals surface area contributed by atoms with Gasteiger partial charge in [0.05, 0.1) is 5.56 Å². The first-order chi connectivity index (χ1) is 12.7. The van der Waals surface area contributed by atoms with Crippen molar-refractivity contribution in [1.29, 1.82) is 0 Å². The monoisotopic (exact) mass is 354 g/mol. The van der Waals surface area contributed by atoms with Crippen LogP contribution < -0.4 is 4.90 Å². The highest BCUT2D eigenvalue weighted by Crippen LogP contribution is 2.12. The molecule has 26 heavy (non-hydrogen) atoms. The number of likely N-dealkylation sites (N-methyl/N-ethyl adjacent to an activating group) is 2. The van der Waals surface area contributed by atoms with Crippen molar-refractivity contribution in [3.8, 4) is 0 Å². The maximum Gasteiger partial charge on any atom is 0.256 e.